The molecule has 100 valence electrons. The largest absolute Gasteiger partial charge is 0.497 e. The Hall–Kier alpha value is -1.51. The third-order valence-corrected chi connectivity index (χ3v) is 3.18. The zero-order valence-corrected chi connectivity index (χ0v) is 11.4. The molecule has 0 N–H and O–H groups in total. The number of methoxy groups -OCH3 is 2. The number of esters is 1. The van der Waals surface area contributed by atoms with Crippen LogP contribution in [0, 0.1) is 0 Å². The molecule has 0 aliphatic rings. The van der Waals surface area contributed by atoms with E-state index in [4.69, 9.17) is 4.74 Å². The maximum atomic E-state index is 11.0. The highest BCUT2D eigenvalue weighted by Crippen LogP contribution is 2.23. The van der Waals surface area contributed by atoms with Gasteiger partial charge in [-0.1, -0.05) is 25.5 Å². The quantitative estimate of drug-likeness (QED) is 0.548. The molecule has 1 aromatic carbocycles. The number of ether oxygens (including phenoxy) is 2. The molecule has 0 spiro atoms. The van der Waals surface area contributed by atoms with Crippen molar-refractivity contribution in [2.24, 2.45) is 0 Å². The minimum Gasteiger partial charge on any atom is -0.497 e. The second-order valence-electron chi connectivity index (χ2n) is 4.50. The first-order valence-electron chi connectivity index (χ1n) is 6.38. The molecule has 3 nitrogen and oxygen atoms in total. The van der Waals surface area contributed by atoms with Gasteiger partial charge in [0, 0.05) is 6.42 Å². The van der Waals surface area contributed by atoms with Crippen LogP contribution >= 0.6 is 0 Å². The molecule has 1 aromatic rings. The fourth-order valence-electron chi connectivity index (χ4n) is 1.92. The summed E-state index contributed by atoms with van der Waals surface area (Å²) in [5.41, 5.74) is 1.31. The molecule has 18 heavy (non-hydrogen) atoms. The first-order chi connectivity index (χ1) is 8.67. The molecule has 0 amide bonds. The maximum Gasteiger partial charge on any atom is 0.305 e. The first-order valence-corrected chi connectivity index (χ1v) is 6.38. The van der Waals surface area contributed by atoms with Crippen LogP contribution in [0.25, 0.3) is 0 Å². The average Bonchev–Trinajstić information content (AvgIpc) is 2.43. The second kappa shape index (κ2) is 7.75. The lowest BCUT2D eigenvalue weighted by Crippen LogP contribution is -2.00. The normalized spacial score (nSPS) is 11.9. The van der Waals surface area contributed by atoms with E-state index in [1.807, 2.05) is 12.1 Å². The van der Waals surface area contributed by atoms with E-state index in [0.717, 1.165) is 25.0 Å². The van der Waals surface area contributed by atoms with Gasteiger partial charge in [-0.05, 0) is 36.5 Å². The number of carbonyl (C=O) groups excluding carboxylic acids is 1. The molecule has 0 bridgehead atoms. The van der Waals surface area contributed by atoms with Gasteiger partial charge in [0.05, 0.1) is 14.2 Å². The van der Waals surface area contributed by atoms with Crippen molar-refractivity contribution in [3.05, 3.63) is 29.8 Å². The highest BCUT2D eigenvalue weighted by Gasteiger charge is 2.06. The van der Waals surface area contributed by atoms with Crippen LogP contribution in [0.5, 0.6) is 5.75 Å². The fourth-order valence-corrected chi connectivity index (χ4v) is 1.92. The van der Waals surface area contributed by atoms with Crippen molar-refractivity contribution in [2.45, 2.75) is 38.5 Å². The Labute approximate surface area is 109 Å². The Morgan fingerprint density at radius 3 is 2.39 bits per heavy atom. The lowest BCUT2D eigenvalue weighted by molar-refractivity contribution is -0.140. The van der Waals surface area contributed by atoms with E-state index in [2.05, 4.69) is 23.8 Å². The summed E-state index contributed by atoms with van der Waals surface area (Å²) >= 11 is 0. The zero-order chi connectivity index (χ0) is 13.4. The van der Waals surface area contributed by atoms with Gasteiger partial charge in [-0.25, -0.2) is 0 Å². The van der Waals surface area contributed by atoms with Crippen molar-refractivity contribution in [3.63, 3.8) is 0 Å². The van der Waals surface area contributed by atoms with Crippen LogP contribution in [0.3, 0.4) is 0 Å². The van der Waals surface area contributed by atoms with Crippen LogP contribution in [-0.2, 0) is 9.53 Å². The van der Waals surface area contributed by atoms with E-state index in [1.54, 1.807) is 7.11 Å². The van der Waals surface area contributed by atoms with Gasteiger partial charge in [0.2, 0.25) is 0 Å². The summed E-state index contributed by atoms with van der Waals surface area (Å²) in [6.45, 7) is 2.21. The second-order valence-corrected chi connectivity index (χ2v) is 4.50. The van der Waals surface area contributed by atoms with Crippen LogP contribution < -0.4 is 4.74 Å². The van der Waals surface area contributed by atoms with Gasteiger partial charge in [-0.15, -0.1) is 0 Å². The predicted octanol–water partition coefficient (Wildman–Crippen LogP) is 3.53. The van der Waals surface area contributed by atoms with Gasteiger partial charge in [0.25, 0.3) is 0 Å². The number of hydrogen-bond acceptors (Lipinski definition) is 3. The van der Waals surface area contributed by atoms with E-state index < -0.39 is 0 Å². The van der Waals surface area contributed by atoms with Crippen molar-refractivity contribution in [1.29, 1.82) is 0 Å². The smallest absolute Gasteiger partial charge is 0.305 e. The SMILES string of the molecule is COC(=O)CCCC[C@@H](C)c1ccc(OC)cc1. The van der Waals surface area contributed by atoms with Crippen LogP contribution in [0.1, 0.15) is 44.1 Å². The summed E-state index contributed by atoms with van der Waals surface area (Å²) in [5.74, 6) is 1.28. The summed E-state index contributed by atoms with van der Waals surface area (Å²) < 4.78 is 9.75. The Morgan fingerprint density at radius 1 is 1.17 bits per heavy atom. The molecule has 0 fully saturated rings. The lowest BCUT2D eigenvalue weighted by Gasteiger charge is -2.12. The molecule has 0 aromatic heterocycles. The molecule has 0 saturated carbocycles. The number of carbonyl (C=O) groups is 1. The molecular weight excluding hydrogens is 228 g/mol. The predicted molar refractivity (Wildman–Crippen MR) is 71.9 cm³/mol. The summed E-state index contributed by atoms with van der Waals surface area (Å²) in [7, 11) is 3.10. The third-order valence-electron chi connectivity index (χ3n) is 3.18. The standard InChI is InChI=1S/C15H22O3/c1-12(6-4-5-7-15(16)18-3)13-8-10-14(17-2)11-9-13/h8-12H,4-7H2,1-3H3/t12-/m1/s1. The summed E-state index contributed by atoms with van der Waals surface area (Å²) in [6.07, 6.45) is 3.55. The molecule has 0 heterocycles. The van der Waals surface area contributed by atoms with Crippen molar-refractivity contribution >= 4 is 5.97 Å². The first kappa shape index (κ1) is 14.6. The summed E-state index contributed by atoms with van der Waals surface area (Å²) in [6, 6.07) is 8.17. The number of rotatable bonds is 7. The third kappa shape index (κ3) is 4.78. The van der Waals surface area contributed by atoms with Gasteiger partial charge in [0.15, 0.2) is 0 Å². The molecule has 0 saturated heterocycles. The molecular formula is C15H22O3. The van der Waals surface area contributed by atoms with Gasteiger partial charge >= 0.3 is 5.97 Å². The molecule has 0 radical (unpaired) electrons. The monoisotopic (exact) mass is 250 g/mol. The average molecular weight is 250 g/mol. The number of benzene rings is 1. The number of hydrogen-bond donors (Lipinski definition) is 0. The van der Waals surface area contributed by atoms with Crippen LogP contribution in [0.15, 0.2) is 24.3 Å². The highest BCUT2D eigenvalue weighted by atomic mass is 16.5. The van der Waals surface area contributed by atoms with Crippen molar-refractivity contribution in [3.8, 4) is 5.75 Å². The minimum atomic E-state index is -0.118. The van der Waals surface area contributed by atoms with E-state index in [0.29, 0.717) is 12.3 Å². The van der Waals surface area contributed by atoms with Crippen LogP contribution in [0.4, 0.5) is 0 Å². The number of unbranched alkanes of at least 4 members (excludes halogenated alkanes) is 1. The molecule has 0 unspecified atom stereocenters. The molecule has 0 aliphatic heterocycles. The Morgan fingerprint density at radius 2 is 1.83 bits per heavy atom. The van der Waals surface area contributed by atoms with E-state index in [9.17, 15) is 4.79 Å². The van der Waals surface area contributed by atoms with E-state index >= 15 is 0 Å². The molecule has 1 rings (SSSR count). The lowest BCUT2D eigenvalue weighted by atomic mass is 9.95. The van der Waals surface area contributed by atoms with Crippen LogP contribution in [-0.4, -0.2) is 20.2 Å². The molecule has 1 atom stereocenters. The van der Waals surface area contributed by atoms with Gasteiger partial charge in [0.1, 0.15) is 5.75 Å². The van der Waals surface area contributed by atoms with Crippen molar-refractivity contribution in [1.82, 2.24) is 0 Å². The van der Waals surface area contributed by atoms with Gasteiger partial charge in [-0.2, -0.15) is 0 Å². The highest BCUT2D eigenvalue weighted by molar-refractivity contribution is 5.68. The van der Waals surface area contributed by atoms with Gasteiger partial charge < -0.3 is 9.47 Å². The maximum absolute atomic E-state index is 11.0. The Balaban J connectivity index is 2.31. The minimum absolute atomic E-state index is 0.118. The molecule has 0 aliphatic carbocycles. The van der Waals surface area contributed by atoms with E-state index in [-0.39, 0.29) is 5.97 Å². The van der Waals surface area contributed by atoms with Crippen LogP contribution in [0.2, 0.25) is 0 Å². The summed E-state index contributed by atoms with van der Waals surface area (Å²) in [5, 5.41) is 0. The Bertz CT molecular complexity index is 357. The van der Waals surface area contributed by atoms with Crippen molar-refractivity contribution in [2.75, 3.05) is 14.2 Å². The fraction of sp³-hybridized carbons (Fsp3) is 0.533. The summed E-state index contributed by atoms with van der Waals surface area (Å²) in [4.78, 5) is 11.0. The van der Waals surface area contributed by atoms with Crippen molar-refractivity contribution < 1.29 is 14.3 Å². The topological polar surface area (TPSA) is 35.5 Å². The Kier molecular flexibility index (Phi) is 6.26. The zero-order valence-electron chi connectivity index (χ0n) is 11.4. The van der Waals surface area contributed by atoms with Gasteiger partial charge in [-0.3, -0.25) is 4.79 Å². The van der Waals surface area contributed by atoms with E-state index in [1.165, 1.54) is 12.7 Å². The molecule has 3 heteroatoms.